The molecule has 92 valence electrons. The normalized spacial score (nSPS) is 51.6. The van der Waals surface area contributed by atoms with Gasteiger partial charge in [0.1, 0.15) is 16.8 Å². The molecule has 1 heterocycles. The van der Waals surface area contributed by atoms with Crippen LogP contribution in [0.15, 0.2) is 11.1 Å². The average molecular weight is 226 g/mol. The lowest BCUT2D eigenvalue weighted by atomic mass is 9.67. The fourth-order valence-corrected chi connectivity index (χ4v) is 3.87. The Morgan fingerprint density at radius 2 is 1.88 bits per heavy atom. The molecule has 0 aromatic rings. The van der Waals surface area contributed by atoms with Crippen molar-refractivity contribution < 1.29 is 14.9 Å². The lowest BCUT2D eigenvalue weighted by Gasteiger charge is -2.60. The molecule has 0 unspecified atom stereocenters. The Balaban J connectivity index is 2.61. The van der Waals surface area contributed by atoms with Gasteiger partial charge in [0.2, 0.25) is 0 Å². The van der Waals surface area contributed by atoms with Crippen LogP contribution in [0.4, 0.5) is 0 Å². The zero-order valence-corrected chi connectivity index (χ0v) is 10.8. The summed E-state index contributed by atoms with van der Waals surface area (Å²) < 4.78 is 5.72. The van der Waals surface area contributed by atoms with Crippen LogP contribution in [-0.4, -0.2) is 33.1 Å². The Kier molecular flexibility index (Phi) is 2.34. The largest absolute Gasteiger partial charge is 0.382 e. The first-order chi connectivity index (χ1) is 7.29. The summed E-state index contributed by atoms with van der Waals surface area (Å²) in [6.07, 6.45) is 1.09. The highest BCUT2D eigenvalue weighted by Crippen LogP contribution is 2.62. The van der Waals surface area contributed by atoms with Crippen molar-refractivity contribution in [2.75, 3.05) is 0 Å². The van der Waals surface area contributed by atoms with Gasteiger partial charge in [-0.25, -0.2) is 0 Å². The first-order valence-corrected chi connectivity index (χ1v) is 6.12. The summed E-state index contributed by atoms with van der Waals surface area (Å²) in [5, 5.41) is 21.6. The second-order valence-electron chi connectivity index (χ2n) is 5.23. The summed E-state index contributed by atoms with van der Waals surface area (Å²) in [5.41, 5.74) is -1.04. The minimum absolute atomic E-state index is 0.236. The molecule has 0 spiro atoms. The molecule has 2 N–H and O–H groups in total. The third-order valence-electron chi connectivity index (χ3n) is 4.91. The zero-order valence-electron chi connectivity index (χ0n) is 10.8. The van der Waals surface area contributed by atoms with Crippen molar-refractivity contribution >= 4 is 0 Å². The van der Waals surface area contributed by atoms with Crippen LogP contribution in [0.3, 0.4) is 0 Å². The predicted molar refractivity (Wildman–Crippen MR) is 62.1 cm³/mol. The number of rotatable bonds is 2. The van der Waals surface area contributed by atoms with Crippen LogP contribution in [-0.2, 0) is 4.74 Å². The van der Waals surface area contributed by atoms with Gasteiger partial charge >= 0.3 is 0 Å². The maximum Gasteiger partial charge on any atom is 0.143 e. The van der Waals surface area contributed by atoms with Gasteiger partial charge in [-0.2, -0.15) is 0 Å². The molecule has 0 bridgehead atoms. The van der Waals surface area contributed by atoms with Crippen LogP contribution >= 0.6 is 0 Å². The molecular formula is C13H22O3. The van der Waals surface area contributed by atoms with Crippen LogP contribution in [0, 0.1) is 0 Å². The van der Waals surface area contributed by atoms with E-state index < -0.39 is 16.8 Å². The summed E-state index contributed by atoms with van der Waals surface area (Å²) in [4.78, 5) is 0. The van der Waals surface area contributed by atoms with Gasteiger partial charge in [0.15, 0.2) is 0 Å². The van der Waals surface area contributed by atoms with E-state index in [4.69, 9.17) is 4.74 Å². The van der Waals surface area contributed by atoms with Crippen molar-refractivity contribution in [1.82, 2.24) is 0 Å². The Bertz CT molecular complexity index is 362. The van der Waals surface area contributed by atoms with E-state index in [1.807, 2.05) is 34.6 Å². The Morgan fingerprint density at radius 3 is 2.25 bits per heavy atom. The van der Waals surface area contributed by atoms with Gasteiger partial charge in [-0.3, -0.25) is 0 Å². The molecule has 1 fully saturated rings. The molecule has 1 aliphatic heterocycles. The predicted octanol–water partition coefficient (Wildman–Crippen LogP) is 1.78. The van der Waals surface area contributed by atoms with Gasteiger partial charge in [0, 0.05) is 0 Å². The van der Waals surface area contributed by atoms with Gasteiger partial charge < -0.3 is 14.9 Å². The molecule has 2 rings (SSSR count). The van der Waals surface area contributed by atoms with E-state index in [1.54, 1.807) is 0 Å². The van der Waals surface area contributed by atoms with E-state index >= 15 is 0 Å². The van der Waals surface area contributed by atoms with Crippen LogP contribution in [0.5, 0.6) is 0 Å². The van der Waals surface area contributed by atoms with Crippen LogP contribution < -0.4 is 0 Å². The van der Waals surface area contributed by atoms with E-state index in [2.05, 4.69) is 0 Å². The quantitative estimate of drug-likeness (QED) is 0.706. The van der Waals surface area contributed by atoms with Gasteiger partial charge in [0.05, 0.1) is 6.10 Å². The lowest BCUT2D eigenvalue weighted by molar-refractivity contribution is -0.356. The highest BCUT2D eigenvalue weighted by Gasteiger charge is 2.76. The van der Waals surface area contributed by atoms with Crippen molar-refractivity contribution in [1.29, 1.82) is 0 Å². The molecule has 0 saturated carbocycles. The van der Waals surface area contributed by atoms with E-state index in [0.717, 1.165) is 17.6 Å². The van der Waals surface area contributed by atoms with Crippen molar-refractivity contribution in [3.05, 3.63) is 11.1 Å². The lowest BCUT2D eigenvalue weighted by Crippen LogP contribution is -2.77. The molecule has 4 atom stereocenters. The molecule has 1 aliphatic carbocycles. The molecule has 0 radical (unpaired) electrons. The summed E-state index contributed by atoms with van der Waals surface area (Å²) in [7, 11) is 0. The second kappa shape index (κ2) is 3.09. The smallest absolute Gasteiger partial charge is 0.143 e. The van der Waals surface area contributed by atoms with Gasteiger partial charge in [-0.15, -0.1) is 0 Å². The molecule has 16 heavy (non-hydrogen) atoms. The fraction of sp³-hybridized carbons (Fsp3) is 0.846. The van der Waals surface area contributed by atoms with Crippen molar-refractivity contribution in [3.63, 3.8) is 0 Å². The molecule has 1 saturated heterocycles. The number of hydrogen-bond acceptors (Lipinski definition) is 3. The maximum absolute atomic E-state index is 10.8. The molecule has 0 aromatic heterocycles. The number of hydrogen-bond donors (Lipinski definition) is 2. The average Bonchev–Trinajstić information content (AvgIpc) is 2.36. The highest BCUT2D eigenvalue weighted by atomic mass is 16.6. The van der Waals surface area contributed by atoms with Crippen molar-refractivity contribution in [2.24, 2.45) is 0 Å². The third kappa shape index (κ3) is 0.881. The number of aliphatic hydroxyl groups is 2. The monoisotopic (exact) mass is 226 g/mol. The summed E-state index contributed by atoms with van der Waals surface area (Å²) in [5.74, 6) is 0. The first-order valence-electron chi connectivity index (χ1n) is 6.12. The van der Waals surface area contributed by atoms with E-state index in [9.17, 15) is 10.2 Å². The zero-order chi connectivity index (χ0) is 12.4. The molecule has 3 heteroatoms. The first kappa shape index (κ1) is 12.1. The van der Waals surface area contributed by atoms with E-state index in [0.29, 0.717) is 6.42 Å². The standard InChI is InChI=1S/C13H22O3/c1-6-10-8(3)13(15)9(4)16-11(13,5)12(10,14)7-2/h9,14-15H,6-7H2,1-5H3/t9-,11-,12+,13+/m1/s1. The van der Waals surface area contributed by atoms with E-state index in [-0.39, 0.29) is 6.10 Å². The maximum atomic E-state index is 10.8. The molecule has 2 aliphatic rings. The number of ether oxygens (including phenoxy) is 1. The summed E-state index contributed by atoms with van der Waals surface area (Å²) in [6, 6.07) is 0. The van der Waals surface area contributed by atoms with Crippen LogP contribution in [0.1, 0.15) is 47.5 Å². The molecule has 3 nitrogen and oxygen atoms in total. The van der Waals surface area contributed by atoms with Crippen molar-refractivity contribution in [3.8, 4) is 0 Å². The fourth-order valence-electron chi connectivity index (χ4n) is 3.87. The minimum atomic E-state index is -1.02. The van der Waals surface area contributed by atoms with Gasteiger partial charge in [0.25, 0.3) is 0 Å². The van der Waals surface area contributed by atoms with Crippen LogP contribution in [0.25, 0.3) is 0 Å². The molecule has 0 amide bonds. The van der Waals surface area contributed by atoms with E-state index in [1.165, 1.54) is 0 Å². The summed E-state index contributed by atoms with van der Waals surface area (Å²) in [6.45, 7) is 9.56. The second-order valence-corrected chi connectivity index (χ2v) is 5.23. The number of fused-ring (bicyclic) bond motifs is 1. The van der Waals surface area contributed by atoms with Gasteiger partial charge in [-0.1, -0.05) is 13.8 Å². The van der Waals surface area contributed by atoms with Crippen molar-refractivity contribution in [2.45, 2.75) is 70.4 Å². The third-order valence-corrected chi connectivity index (χ3v) is 4.91. The molecule has 0 aromatic carbocycles. The molecular weight excluding hydrogens is 204 g/mol. The topological polar surface area (TPSA) is 49.7 Å². The Labute approximate surface area is 97.1 Å². The Morgan fingerprint density at radius 1 is 1.31 bits per heavy atom. The SMILES string of the molecule is CCC1=C(C)[C@]2(O)[C@@H](C)O[C@]2(C)[C@]1(O)CC. The summed E-state index contributed by atoms with van der Waals surface area (Å²) >= 11 is 0. The highest BCUT2D eigenvalue weighted by molar-refractivity contribution is 5.49. The minimum Gasteiger partial charge on any atom is -0.382 e. The van der Waals surface area contributed by atoms with Gasteiger partial charge in [-0.05, 0) is 44.8 Å². The Hall–Kier alpha value is -0.380. The van der Waals surface area contributed by atoms with Crippen LogP contribution in [0.2, 0.25) is 0 Å².